The van der Waals surface area contributed by atoms with Gasteiger partial charge in [-0.05, 0) is 34.5 Å². The molecule has 0 heterocycles. The Labute approximate surface area is 123 Å². The van der Waals surface area contributed by atoms with Crippen molar-refractivity contribution in [3.63, 3.8) is 0 Å². The van der Waals surface area contributed by atoms with Crippen molar-refractivity contribution in [3.8, 4) is 0 Å². The van der Waals surface area contributed by atoms with Gasteiger partial charge in [0.1, 0.15) is 0 Å². The summed E-state index contributed by atoms with van der Waals surface area (Å²) >= 11 is 15.3. The topological polar surface area (TPSA) is 55.1 Å². The highest BCUT2D eigenvalue weighted by Gasteiger charge is 2.23. The predicted molar refractivity (Wildman–Crippen MR) is 78.0 cm³/mol. The molecule has 0 aliphatic heterocycles. The summed E-state index contributed by atoms with van der Waals surface area (Å²) in [7, 11) is 0. The quantitative estimate of drug-likeness (QED) is 0.633. The summed E-state index contributed by atoms with van der Waals surface area (Å²) < 4.78 is 0.690. The number of nitrogens with one attached hydrogen (secondary N) is 1. The highest BCUT2D eigenvalue weighted by atomic mass is 79.9. The van der Waals surface area contributed by atoms with Gasteiger partial charge in [0, 0.05) is 10.5 Å². The first-order chi connectivity index (χ1) is 8.49. The Morgan fingerprint density at radius 2 is 2.06 bits per heavy atom. The zero-order valence-corrected chi connectivity index (χ0v) is 12.4. The van der Waals surface area contributed by atoms with Crippen LogP contribution in [0.15, 0.2) is 28.8 Å². The van der Waals surface area contributed by atoms with E-state index in [1.165, 1.54) is 0 Å². The van der Waals surface area contributed by atoms with Crippen LogP contribution in [0.5, 0.6) is 0 Å². The summed E-state index contributed by atoms with van der Waals surface area (Å²) in [5.74, 6) is -0.335. The van der Waals surface area contributed by atoms with Crippen LogP contribution < -0.4 is 11.1 Å². The number of hydrogen-bond acceptors (Lipinski definition) is 2. The van der Waals surface area contributed by atoms with Gasteiger partial charge in [0.05, 0.1) is 21.7 Å². The third-order valence-corrected chi connectivity index (χ3v) is 4.52. The van der Waals surface area contributed by atoms with Crippen molar-refractivity contribution >= 4 is 50.7 Å². The molecule has 3 N–H and O–H groups in total. The minimum absolute atomic E-state index is 0.0512. The maximum Gasteiger partial charge on any atom is 0.231 e. The molecule has 18 heavy (non-hydrogen) atoms. The molecule has 1 aromatic carbocycles. The molecule has 0 spiro atoms. The summed E-state index contributed by atoms with van der Waals surface area (Å²) in [5, 5.41) is 3.46. The Balaban J connectivity index is 2.13. The molecule has 0 fully saturated rings. The van der Waals surface area contributed by atoms with Crippen molar-refractivity contribution in [2.45, 2.75) is 12.5 Å². The number of anilines is 1. The summed E-state index contributed by atoms with van der Waals surface area (Å²) in [6, 6.07) is 3.39. The second kappa shape index (κ2) is 5.61. The number of carbonyl (C=O) groups excluding carboxylic acids is 1. The molecule has 0 aromatic heterocycles. The molecule has 0 radical (unpaired) electrons. The zero-order chi connectivity index (χ0) is 13.3. The molecule has 0 saturated carbocycles. The Morgan fingerprint density at radius 1 is 1.33 bits per heavy atom. The monoisotopic (exact) mass is 348 g/mol. The van der Waals surface area contributed by atoms with Gasteiger partial charge in [0.2, 0.25) is 5.91 Å². The van der Waals surface area contributed by atoms with Crippen LogP contribution in [-0.2, 0) is 4.79 Å². The molecule has 1 amide bonds. The molecular weight excluding hydrogens is 339 g/mol. The van der Waals surface area contributed by atoms with Crippen LogP contribution >= 0.6 is 39.1 Å². The number of carbonyl (C=O) groups is 1. The average molecular weight is 350 g/mol. The van der Waals surface area contributed by atoms with Crippen LogP contribution in [0.1, 0.15) is 6.42 Å². The lowest BCUT2D eigenvalue weighted by Crippen LogP contribution is -2.24. The highest BCUT2D eigenvalue weighted by molar-refractivity contribution is 9.10. The lowest BCUT2D eigenvalue weighted by molar-refractivity contribution is -0.118. The average Bonchev–Trinajstić information content (AvgIpc) is 2.77. The Kier molecular flexibility index (Phi) is 4.33. The van der Waals surface area contributed by atoms with Crippen LogP contribution in [0.4, 0.5) is 5.69 Å². The standard InChI is InChI=1S/C12H11BrCl2N2O/c13-8-3-4-9(11(15)10(8)14)17-12(18)6-1-2-7(16)5-6/h1-4,6-7H,5,16H2,(H,17,18). The van der Waals surface area contributed by atoms with Crippen molar-refractivity contribution < 1.29 is 4.79 Å². The summed E-state index contributed by atoms with van der Waals surface area (Å²) in [4.78, 5) is 12.0. The number of halogens is 3. The van der Waals surface area contributed by atoms with E-state index in [2.05, 4.69) is 21.2 Å². The molecule has 0 bridgehead atoms. The number of hydrogen-bond donors (Lipinski definition) is 2. The third kappa shape index (κ3) is 2.88. The first-order valence-corrected chi connectivity index (χ1v) is 6.92. The van der Waals surface area contributed by atoms with E-state index in [-0.39, 0.29) is 17.9 Å². The van der Waals surface area contributed by atoms with E-state index in [0.717, 1.165) is 0 Å². The van der Waals surface area contributed by atoms with Gasteiger partial charge in [0.25, 0.3) is 0 Å². The molecule has 1 aromatic rings. The lowest BCUT2D eigenvalue weighted by Gasteiger charge is -2.12. The van der Waals surface area contributed by atoms with Gasteiger partial charge in [-0.2, -0.15) is 0 Å². The van der Waals surface area contributed by atoms with Gasteiger partial charge in [0.15, 0.2) is 0 Å². The molecule has 2 unspecified atom stereocenters. The maximum atomic E-state index is 12.0. The number of nitrogens with two attached hydrogens (primary N) is 1. The van der Waals surface area contributed by atoms with Crippen molar-refractivity contribution in [2.24, 2.45) is 11.7 Å². The van der Waals surface area contributed by atoms with Crippen molar-refractivity contribution in [2.75, 3.05) is 5.32 Å². The molecule has 1 aliphatic rings. The highest BCUT2D eigenvalue weighted by Crippen LogP contribution is 2.36. The second-order valence-electron chi connectivity index (χ2n) is 4.10. The lowest BCUT2D eigenvalue weighted by atomic mass is 10.1. The normalized spacial score (nSPS) is 22.2. The van der Waals surface area contributed by atoms with Crippen molar-refractivity contribution in [1.29, 1.82) is 0 Å². The molecule has 3 nitrogen and oxygen atoms in total. The minimum atomic E-state index is -0.210. The van der Waals surface area contributed by atoms with Crippen LogP contribution in [0, 0.1) is 5.92 Å². The SMILES string of the molecule is NC1C=CC(C(=O)Nc2ccc(Br)c(Cl)c2Cl)C1. The number of rotatable bonds is 2. The van der Waals surface area contributed by atoms with Gasteiger partial charge >= 0.3 is 0 Å². The second-order valence-corrected chi connectivity index (χ2v) is 5.71. The summed E-state index contributed by atoms with van der Waals surface area (Å²) in [5.41, 5.74) is 6.21. The predicted octanol–water partition coefficient (Wildman–Crippen LogP) is 3.60. The first kappa shape index (κ1) is 13.9. The summed E-state index contributed by atoms with van der Waals surface area (Å²) in [6.07, 6.45) is 4.27. The molecule has 2 atom stereocenters. The van der Waals surface area contributed by atoms with Crippen molar-refractivity contribution in [1.82, 2.24) is 0 Å². The van der Waals surface area contributed by atoms with E-state index >= 15 is 0 Å². The first-order valence-electron chi connectivity index (χ1n) is 5.37. The Morgan fingerprint density at radius 3 is 2.67 bits per heavy atom. The van der Waals surface area contributed by atoms with Crippen LogP contribution in [0.25, 0.3) is 0 Å². The van der Waals surface area contributed by atoms with Gasteiger partial charge in [-0.15, -0.1) is 0 Å². The number of amides is 1. The molecule has 2 rings (SSSR count). The molecular formula is C12H11BrCl2N2O. The maximum absolute atomic E-state index is 12.0. The van der Waals surface area contributed by atoms with E-state index in [1.54, 1.807) is 12.1 Å². The molecule has 1 aliphatic carbocycles. The molecule has 6 heteroatoms. The fraction of sp³-hybridized carbons (Fsp3) is 0.250. The minimum Gasteiger partial charge on any atom is -0.324 e. The van der Waals surface area contributed by atoms with E-state index < -0.39 is 0 Å². The summed E-state index contributed by atoms with van der Waals surface area (Å²) in [6.45, 7) is 0. The van der Waals surface area contributed by atoms with E-state index in [0.29, 0.717) is 26.6 Å². The zero-order valence-electron chi connectivity index (χ0n) is 9.29. The Hall–Kier alpha value is -0.550. The van der Waals surface area contributed by atoms with E-state index in [1.807, 2.05) is 12.2 Å². The molecule has 96 valence electrons. The molecule has 0 saturated heterocycles. The van der Waals surface area contributed by atoms with E-state index in [4.69, 9.17) is 28.9 Å². The van der Waals surface area contributed by atoms with Crippen LogP contribution in [0.3, 0.4) is 0 Å². The van der Waals surface area contributed by atoms with Gasteiger partial charge in [-0.1, -0.05) is 35.4 Å². The van der Waals surface area contributed by atoms with Gasteiger partial charge < -0.3 is 11.1 Å². The number of benzene rings is 1. The van der Waals surface area contributed by atoms with Crippen LogP contribution in [-0.4, -0.2) is 11.9 Å². The Bertz CT molecular complexity index is 519. The smallest absolute Gasteiger partial charge is 0.231 e. The van der Waals surface area contributed by atoms with Gasteiger partial charge in [-0.3, -0.25) is 4.79 Å². The fourth-order valence-electron chi connectivity index (χ4n) is 1.77. The van der Waals surface area contributed by atoms with Crippen LogP contribution in [0.2, 0.25) is 10.0 Å². The van der Waals surface area contributed by atoms with E-state index in [9.17, 15) is 4.79 Å². The fourth-order valence-corrected chi connectivity index (χ4v) is 2.59. The van der Waals surface area contributed by atoms with Gasteiger partial charge in [-0.25, -0.2) is 0 Å². The van der Waals surface area contributed by atoms with Crippen molar-refractivity contribution in [3.05, 3.63) is 38.8 Å². The third-order valence-electron chi connectivity index (χ3n) is 2.75. The largest absolute Gasteiger partial charge is 0.324 e.